The predicted octanol–water partition coefficient (Wildman–Crippen LogP) is 1.97. The molecule has 0 saturated carbocycles. The maximum Gasteiger partial charge on any atom is 0.142 e. The highest BCUT2D eigenvalue weighted by Gasteiger charge is 2.17. The van der Waals surface area contributed by atoms with Crippen LogP contribution in [-0.4, -0.2) is 6.54 Å². The number of halogens is 3. The molecule has 0 heterocycles. The van der Waals surface area contributed by atoms with Crippen molar-refractivity contribution < 1.29 is 8.78 Å². The smallest absolute Gasteiger partial charge is 0.142 e. The minimum atomic E-state index is -0.671. The van der Waals surface area contributed by atoms with Gasteiger partial charge in [0.2, 0.25) is 0 Å². The molecule has 1 aromatic carbocycles. The first-order valence-corrected chi connectivity index (χ1v) is 4.54. The molecule has 0 saturated heterocycles. The van der Waals surface area contributed by atoms with Crippen molar-refractivity contribution in [1.82, 2.24) is 0 Å². The second kappa shape index (κ2) is 4.68. The first kappa shape index (κ1) is 11.4. The second-order valence-electron chi connectivity index (χ2n) is 2.94. The van der Waals surface area contributed by atoms with Crippen molar-refractivity contribution in [1.29, 1.82) is 0 Å². The number of hydrogen-bond donors (Lipinski definition) is 2. The van der Waals surface area contributed by atoms with Crippen LogP contribution in [0.25, 0.3) is 0 Å². The highest BCUT2D eigenvalue weighted by atomic mass is 35.5. The first-order chi connectivity index (χ1) is 6.57. The molecule has 1 aromatic rings. The molecular weight excluding hydrogens is 210 g/mol. The van der Waals surface area contributed by atoms with Crippen LogP contribution in [0.4, 0.5) is 8.78 Å². The molecule has 78 valence electrons. The molecule has 0 radical (unpaired) electrons. The molecule has 5 heteroatoms. The minimum Gasteiger partial charge on any atom is -0.330 e. The van der Waals surface area contributed by atoms with E-state index in [1.807, 2.05) is 0 Å². The Kier molecular flexibility index (Phi) is 3.80. The summed E-state index contributed by atoms with van der Waals surface area (Å²) >= 11 is 5.59. The summed E-state index contributed by atoms with van der Waals surface area (Å²) < 4.78 is 26.2. The molecule has 0 fully saturated rings. The molecule has 0 aliphatic heterocycles. The molecule has 1 atom stereocenters. The Balaban J connectivity index is 3.11. The molecule has 0 aromatic heterocycles. The summed E-state index contributed by atoms with van der Waals surface area (Å²) in [6, 6.07) is 1.31. The zero-order valence-electron chi connectivity index (χ0n) is 7.43. The van der Waals surface area contributed by atoms with Gasteiger partial charge < -0.3 is 11.5 Å². The third kappa shape index (κ3) is 2.20. The van der Waals surface area contributed by atoms with Gasteiger partial charge in [-0.3, -0.25) is 0 Å². The van der Waals surface area contributed by atoms with Gasteiger partial charge in [-0.1, -0.05) is 11.6 Å². The lowest BCUT2D eigenvalue weighted by atomic mass is 10.0. The van der Waals surface area contributed by atoms with Gasteiger partial charge in [0, 0.05) is 11.6 Å². The van der Waals surface area contributed by atoms with Crippen molar-refractivity contribution >= 4 is 11.6 Å². The topological polar surface area (TPSA) is 52.0 Å². The second-order valence-corrected chi connectivity index (χ2v) is 3.32. The van der Waals surface area contributed by atoms with Crippen molar-refractivity contribution in [3.8, 4) is 0 Å². The van der Waals surface area contributed by atoms with E-state index in [0.717, 1.165) is 12.1 Å². The molecule has 0 bridgehead atoms. The lowest BCUT2D eigenvalue weighted by molar-refractivity contribution is 0.551. The monoisotopic (exact) mass is 220 g/mol. The average Bonchev–Trinajstić information content (AvgIpc) is 2.13. The predicted molar refractivity (Wildman–Crippen MR) is 52.0 cm³/mol. The van der Waals surface area contributed by atoms with Gasteiger partial charge in [-0.2, -0.15) is 0 Å². The van der Waals surface area contributed by atoms with Crippen LogP contribution in [0.3, 0.4) is 0 Å². The van der Waals surface area contributed by atoms with E-state index >= 15 is 0 Å². The maximum atomic E-state index is 13.2. The first-order valence-electron chi connectivity index (χ1n) is 4.17. The van der Waals surface area contributed by atoms with Crippen LogP contribution < -0.4 is 11.5 Å². The zero-order chi connectivity index (χ0) is 10.7. The quantitative estimate of drug-likeness (QED) is 0.766. The molecule has 0 aliphatic carbocycles. The van der Waals surface area contributed by atoms with E-state index in [0.29, 0.717) is 13.0 Å². The van der Waals surface area contributed by atoms with Crippen LogP contribution in [0.5, 0.6) is 0 Å². The zero-order valence-corrected chi connectivity index (χ0v) is 8.19. The SMILES string of the molecule is NCC[C@@H](N)c1c(F)ccc(F)c1Cl. The van der Waals surface area contributed by atoms with Crippen molar-refractivity contribution in [2.45, 2.75) is 12.5 Å². The summed E-state index contributed by atoms with van der Waals surface area (Å²) in [6.45, 7) is 0.299. The van der Waals surface area contributed by atoms with Crippen molar-refractivity contribution in [3.05, 3.63) is 34.4 Å². The Morgan fingerprint density at radius 2 is 1.86 bits per heavy atom. The maximum absolute atomic E-state index is 13.2. The Bertz CT molecular complexity index is 331. The molecule has 4 N–H and O–H groups in total. The van der Waals surface area contributed by atoms with Crippen LogP contribution in [0.1, 0.15) is 18.0 Å². The van der Waals surface area contributed by atoms with Gasteiger partial charge in [0.1, 0.15) is 11.6 Å². The van der Waals surface area contributed by atoms with Gasteiger partial charge in [0.05, 0.1) is 5.02 Å². The van der Waals surface area contributed by atoms with Gasteiger partial charge in [0.25, 0.3) is 0 Å². The summed E-state index contributed by atoms with van der Waals surface area (Å²) in [6.07, 6.45) is 0.361. The number of benzene rings is 1. The summed E-state index contributed by atoms with van der Waals surface area (Å²) in [4.78, 5) is 0. The van der Waals surface area contributed by atoms with Crippen molar-refractivity contribution in [3.63, 3.8) is 0 Å². The molecular formula is C9H11ClF2N2. The highest BCUT2D eigenvalue weighted by molar-refractivity contribution is 6.31. The summed E-state index contributed by atoms with van der Waals surface area (Å²) in [5.41, 5.74) is 10.9. The molecule has 0 unspecified atom stereocenters. The van der Waals surface area contributed by atoms with Crippen LogP contribution in [0.2, 0.25) is 5.02 Å². The van der Waals surface area contributed by atoms with Gasteiger partial charge in [-0.25, -0.2) is 8.78 Å². The van der Waals surface area contributed by atoms with E-state index in [2.05, 4.69) is 0 Å². The fourth-order valence-corrected chi connectivity index (χ4v) is 1.50. The fourth-order valence-electron chi connectivity index (χ4n) is 1.21. The molecule has 14 heavy (non-hydrogen) atoms. The number of hydrogen-bond acceptors (Lipinski definition) is 2. The Hall–Kier alpha value is -0.710. The number of nitrogens with two attached hydrogens (primary N) is 2. The third-order valence-corrected chi connectivity index (χ3v) is 2.31. The molecule has 0 aliphatic rings. The molecule has 0 amide bonds. The third-order valence-electron chi connectivity index (χ3n) is 1.93. The number of rotatable bonds is 3. The van der Waals surface area contributed by atoms with Crippen LogP contribution in [0.15, 0.2) is 12.1 Å². The van der Waals surface area contributed by atoms with Gasteiger partial charge in [-0.05, 0) is 25.1 Å². The summed E-state index contributed by atoms with van der Waals surface area (Å²) in [5.74, 6) is -1.27. The lowest BCUT2D eigenvalue weighted by Crippen LogP contribution is -2.17. The van der Waals surface area contributed by atoms with Gasteiger partial charge in [-0.15, -0.1) is 0 Å². The Morgan fingerprint density at radius 1 is 1.29 bits per heavy atom. The Morgan fingerprint density at radius 3 is 2.43 bits per heavy atom. The summed E-state index contributed by atoms with van der Waals surface area (Å²) in [7, 11) is 0. The van der Waals surface area contributed by atoms with Crippen molar-refractivity contribution in [2.24, 2.45) is 11.5 Å². The van der Waals surface area contributed by atoms with Crippen molar-refractivity contribution in [2.75, 3.05) is 6.54 Å². The van der Waals surface area contributed by atoms with Crippen LogP contribution in [-0.2, 0) is 0 Å². The lowest BCUT2D eigenvalue weighted by Gasteiger charge is -2.13. The molecule has 1 rings (SSSR count). The van der Waals surface area contributed by atoms with Crippen LogP contribution in [0, 0.1) is 11.6 Å². The van der Waals surface area contributed by atoms with Crippen LogP contribution >= 0.6 is 11.6 Å². The van der Waals surface area contributed by atoms with E-state index in [1.165, 1.54) is 0 Å². The van der Waals surface area contributed by atoms with E-state index < -0.39 is 17.7 Å². The Labute approximate surface area is 85.8 Å². The van der Waals surface area contributed by atoms with Gasteiger partial charge >= 0.3 is 0 Å². The normalized spacial score (nSPS) is 12.9. The fraction of sp³-hybridized carbons (Fsp3) is 0.333. The van der Waals surface area contributed by atoms with Gasteiger partial charge in [0.15, 0.2) is 0 Å². The van der Waals surface area contributed by atoms with E-state index in [1.54, 1.807) is 0 Å². The minimum absolute atomic E-state index is 0.00267. The highest BCUT2D eigenvalue weighted by Crippen LogP contribution is 2.28. The summed E-state index contributed by atoms with van der Waals surface area (Å²) in [5, 5.41) is -0.258. The molecule has 0 spiro atoms. The van der Waals surface area contributed by atoms with E-state index in [9.17, 15) is 8.78 Å². The standard InChI is InChI=1S/C9H11ClF2N2/c10-9-6(12)2-1-5(11)8(9)7(14)3-4-13/h1-2,7H,3-4,13-14H2/t7-/m1/s1. The van der Waals surface area contributed by atoms with E-state index in [-0.39, 0.29) is 10.6 Å². The molecule has 2 nitrogen and oxygen atoms in total. The average molecular weight is 221 g/mol. The largest absolute Gasteiger partial charge is 0.330 e. The van der Waals surface area contributed by atoms with E-state index in [4.69, 9.17) is 23.1 Å².